The lowest BCUT2D eigenvalue weighted by atomic mass is 10.2. The molecule has 2 aromatic carbocycles. The average molecular weight is 581 g/mol. The van der Waals surface area contributed by atoms with Crippen LogP contribution in [0.15, 0.2) is 111 Å². The molecule has 2 heterocycles. The quantitative estimate of drug-likeness (QED) is 0.209. The Hall–Kier alpha value is -3.73. The van der Waals surface area contributed by atoms with Crippen LogP contribution in [0.5, 0.6) is 5.75 Å². The summed E-state index contributed by atoms with van der Waals surface area (Å²) in [7, 11) is -7.29. The Balaban J connectivity index is 1.81. The van der Waals surface area contributed by atoms with Crippen molar-refractivity contribution in [3.05, 3.63) is 102 Å². The van der Waals surface area contributed by atoms with Gasteiger partial charge in [0.25, 0.3) is 0 Å². The summed E-state index contributed by atoms with van der Waals surface area (Å²) in [5.74, 6) is -0.0939. The molecule has 4 aromatic rings. The minimum Gasteiger partial charge on any atom is -0.482 e. The molecule has 0 aliphatic carbocycles. The number of ether oxygens (including phenoxy) is 2. The molecule has 0 bridgehead atoms. The number of aromatic nitrogens is 2. The molecule has 0 spiro atoms. The van der Waals surface area contributed by atoms with Gasteiger partial charge in [0.15, 0.2) is 6.61 Å². The third-order valence-electron chi connectivity index (χ3n) is 5.59. The zero-order valence-electron chi connectivity index (χ0n) is 23.0. The second-order valence-corrected chi connectivity index (χ2v) is 14.3. The van der Waals surface area contributed by atoms with E-state index in [4.69, 9.17) is 13.1 Å². The lowest BCUT2D eigenvalue weighted by Gasteiger charge is -2.37. The van der Waals surface area contributed by atoms with Crippen LogP contribution >= 0.6 is 10.3 Å². The van der Waals surface area contributed by atoms with Gasteiger partial charge in [0, 0.05) is 27.6 Å². The number of esters is 1. The van der Waals surface area contributed by atoms with E-state index in [9.17, 15) is 13.2 Å². The Bertz CT molecular complexity index is 1530. The summed E-state index contributed by atoms with van der Waals surface area (Å²) in [5, 5.41) is 0.814. The van der Waals surface area contributed by atoms with E-state index in [1.54, 1.807) is 119 Å². The number of nitrogens with zero attached hydrogens (tertiary/aromatic N) is 2. The smallest absolute Gasteiger partial charge is 0.344 e. The van der Waals surface area contributed by atoms with Gasteiger partial charge in [0.2, 0.25) is 0 Å². The van der Waals surface area contributed by atoms with Gasteiger partial charge in [-0.05, 0) is 94.8 Å². The second kappa shape index (κ2) is 11.8. The molecule has 0 amide bonds. The van der Waals surface area contributed by atoms with E-state index in [1.165, 1.54) is 0 Å². The number of hydrogen-bond donors (Lipinski definition) is 0. The fourth-order valence-corrected chi connectivity index (χ4v) is 9.09. The van der Waals surface area contributed by atoms with Crippen molar-refractivity contribution in [2.24, 2.45) is 0 Å². The Morgan fingerprint density at radius 2 is 1.43 bits per heavy atom. The third kappa shape index (κ3) is 6.70. The second-order valence-electron chi connectivity index (χ2n) is 10.0. The molecule has 0 aliphatic heterocycles. The minimum atomic E-state index is -4.29. The summed E-state index contributed by atoms with van der Waals surface area (Å²) >= 11 is 0. The molecule has 0 N–H and O–H groups in total. The van der Waals surface area contributed by atoms with Crippen molar-refractivity contribution in [2.45, 2.75) is 60.1 Å². The van der Waals surface area contributed by atoms with E-state index >= 15 is 0 Å². The first-order chi connectivity index (χ1) is 18.9. The molecule has 0 unspecified atom stereocenters. The highest BCUT2D eigenvalue weighted by atomic mass is 32.3. The van der Waals surface area contributed by atoms with Crippen molar-refractivity contribution in [1.29, 1.82) is 0 Å². The molecule has 40 heavy (non-hydrogen) atoms. The van der Waals surface area contributed by atoms with Gasteiger partial charge in [-0.1, -0.05) is 29.8 Å². The van der Waals surface area contributed by atoms with Crippen LogP contribution in [0.3, 0.4) is 0 Å². The van der Waals surface area contributed by atoms with Gasteiger partial charge in [-0.3, -0.25) is 0 Å². The molecule has 210 valence electrons. The van der Waals surface area contributed by atoms with E-state index in [2.05, 4.69) is 9.97 Å². The first-order valence-electron chi connectivity index (χ1n) is 12.5. The predicted molar refractivity (Wildman–Crippen MR) is 153 cm³/mol. The zero-order valence-corrected chi connectivity index (χ0v) is 24.7. The maximum absolute atomic E-state index is 13.9. The van der Waals surface area contributed by atoms with Crippen molar-refractivity contribution in [2.75, 3.05) is 6.61 Å². The highest BCUT2D eigenvalue weighted by Gasteiger charge is 2.41. The van der Waals surface area contributed by atoms with E-state index in [-0.39, 0.29) is 11.5 Å². The van der Waals surface area contributed by atoms with Gasteiger partial charge in [-0.2, -0.15) is 12.0 Å². The summed E-state index contributed by atoms with van der Waals surface area (Å²) in [6.45, 7) is 8.70. The van der Waals surface area contributed by atoms with Crippen LogP contribution in [-0.2, 0) is 23.3 Å². The normalized spacial score (nSPS) is 12.5. The van der Waals surface area contributed by atoms with E-state index in [0.717, 1.165) is 5.56 Å². The molecular weight excluding hydrogens is 548 g/mol. The number of pyridine rings is 2. The maximum atomic E-state index is 13.9. The Kier molecular flexibility index (Phi) is 8.62. The number of aryl methyl sites for hydroxylation is 2. The molecule has 8 nitrogen and oxygen atoms in total. The molecule has 10 heteroatoms. The summed E-state index contributed by atoms with van der Waals surface area (Å²) in [6.07, 6.45) is 3.18. The number of rotatable bonds is 9. The summed E-state index contributed by atoms with van der Waals surface area (Å²) in [6, 6.07) is 22.3. The molecule has 0 aliphatic rings. The van der Waals surface area contributed by atoms with Crippen LogP contribution in [0.4, 0.5) is 0 Å². The Morgan fingerprint density at radius 3 is 1.93 bits per heavy atom. The van der Waals surface area contributed by atoms with Crippen LogP contribution in [0.2, 0.25) is 0 Å². The number of hydrogen-bond acceptors (Lipinski definition) is 8. The Labute approximate surface area is 237 Å². The fourth-order valence-electron chi connectivity index (χ4n) is 3.98. The number of carbonyl (C=O) groups is 1. The van der Waals surface area contributed by atoms with Gasteiger partial charge in [-0.15, -0.1) is 0 Å². The summed E-state index contributed by atoms with van der Waals surface area (Å²) < 4.78 is 45.1. The molecule has 0 saturated heterocycles. The first kappa shape index (κ1) is 29.3. The highest BCUT2D eigenvalue weighted by molar-refractivity contribution is 8.33. The van der Waals surface area contributed by atoms with E-state index < -0.39 is 32.0 Å². The molecule has 0 fully saturated rings. The van der Waals surface area contributed by atoms with Crippen LogP contribution in [-0.4, -0.2) is 36.6 Å². The molecule has 0 saturated carbocycles. The lowest BCUT2D eigenvalue weighted by molar-refractivity contribution is -0.157. The van der Waals surface area contributed by atoms with Gasteiger partial charge >= 0.3 is 16.1 Å². The largest absolute Gasteiger partial charge is 0.482 e. The number of benzene rings is 2. The Morgan fingerprint density at radius 1 is 0.825 bits per heavy atom. The zero-order chi connectivity index (χ0) is 29.0. The monoisotopic (exact) mass is 580 g/mol. The van der Waals surface area contributed by atoms with Crippen LogP contribution in [0.25, 0.3) is 0 Å². The summed E-state index contributed by atoms with van der Waals surface area (Å²) in [5.41, 5.74) is 0.879. The molecule has 0 atom stereocenters. The van der Waals surface area contributed by atoms with Crippen molar-refractivity contribution < 1.29 is 26.3 Å². The molecule has 0 radical (unpaired) electrons. The van der Waals surface area contributed by atoms with Crippen molar-refractivity contribution in [1.82, 2.24) is 9.97 Å². The first-order valence-corrected chi connectivity index (χ1v) is 15.5. The topological polar surface area (TPSA) is 105 Å². The third-order valence-corrected chi connectivity index (χ3v) is 10.7. The minimum absolute atomic E-state index is 0.0687. The SMILES string of the molecule is Cc1ccc(S(=O)(=O)OS(c2ccc(OCC(=O)OC(C)(C)C)cc2)(c2ccccn2)c2ccccn2)c(C)c1. The van der Waals surface area contributed by atoms with Crippen molar-refractivity contribution >= 4 is 26.4 Å². The van der Waals surface area contributed by atoms with Gasteiger partial charge < -0.3 is 9.47 Å². The van der Waals surface area contributed by atoms with Crippen LogP contribution in [0.1, 0.15) is 31.9 Å². The summed E-state index contributed by atoms with van der Waals surface area (Å²) in [4.78, 5) is 21.8. The predicted octanol–water partition coefficient (Wildman–Crippen LogP) is 6.42. The average Bonchev–Trinajstić information content (AvgIpc) is 2.91. The van der Waals surface area contributed by atoms with E-state index in [1.807, 2.05) is 6.92 Å². The van der Waals surface area contributed by atoms with Gasteiger partial charge in [0.1, 0.15) is 21.4 Å². The van der Waals surface area contributed by atoms with Crippen molar-refractivity contribution in [3.63, 3.8) is 0 Å². The lowest BCUT2D eigenvalue weighted by Crippen LogP contribution is -2.27. The van der Waals surface area contributed by atoms with E-state index in [0.29, 0.717) is 26.3 Å². The molecular formula is C30H32N2O6S2. The molecule has 2 aromatic heterocycles. The molecule has 4 rings (SSSR count). The highest BCUT2D eigenvalue weighted by Crippen LogP contribution is 2.69. The van der Waals surface area contributed by atoms with Crippen molar-refractivity contribution in [3.8, 4) is 5.75 Å². The van der Waals surface area contributed by atoms with Crippen LogP contribution in [0, 0.1) is 13.8 Å². The fraction of sp³-hybridized carbons (Fsp3) is 0.233. The standard InChI is InChI=1S/C30H32N2O6S2/c1-22-12-17-26(23(2)20-22)40(34,35)38-39(27-10-6-8-18-31-27,28-11-7-9-19-32-28)25-15-13-24(14-16-25)36-21-29(33)37-30(3,4)5/h6-20H,21H2,1-5H3. The van der Waals surface area contributed by atoms with Crippen LogP contribution < -0.4 is 4.74 Å². The van der Waals surface area contributed by atoms with Gasteiger partial charge in [-0.25, -0.2) is 14.8 Å². The van der Waals surface area contributed by atoms with Gasteiger partial charge in [0.05, 0.1) is 4.90 Å². The maximum Gasteiger partial charge on any atom is 0.344 e. The number of carbonyl (C=O) groups excluding carboxylic acids is 1.